The van der Waals surface area contributed by atoms with Crippen molar-refractivity contribution in [3.8, 4) is 12.3 Å². The molecule has 2 aliphatic rings. The minimum Gasteiger partial charge on any atom is -0.378 e. The molecule has 1 nitrogen and oxygen atoms in total. The molecule has 1 N–H and O–H groups in total. The van der Waals surface area contributed by atoms with Crippen LogP contribution in [0.3, 0.4) is 0 Å². The Kier molecular flexibility index (Phi) is 1.47. The maximum atomic E-state index is 9.77. The van der Waals surface area contributed by atoms with Crippen molar-refractivity contribution in [3.05, 3.63) is 0 Å². The highest BCUT2D eigenvalue weighted by Gasteiger charge is 2.44. The Morgan fingerprint density at radius 2 is 1.82 bits per heavy atom. The van der Waals surface area contributed by atoms with E-state index in [9.17, 15) is 5.11 Å². The topological polar surface area (TPSA) is 20.2 Å². The van der Waals surface area contributed by atoms with E-state index in [1.54, 1.807) is 0 Å². The van der Waals surface area contributed by atoms with E-state index < -0.39 is 5.60 Å². The minimum absolute atomic E-state index is 0.732. The average molecular weight is 150 g/mol. The van der Waals surface area contributed by atoms with Gasteiger partial charge in [0.05, 0.1) is 0 Å². The van der Waals surface area contributed by atoms with Gasteiger partial charge in [0.25, 0.3) is 0 Å². The monoisotopic (exact) mass is 150 g/mol. The average Bonchev–Trinajstić information content (AvgIpc) is 2.46. The van der Waals surface area contributed by atoms with Gasteiger partial charge < -0.3 is 5.11 Å². The molecule has 0 saturated heterocycles. The largest absolute Gasteiger partial charge is 0.378 e. The summed E-state index contributed by atoms with van der Waals surface area (Å²) in [6.45, 7) is 0. The first-order chi connectivity index (χ1) is 5.23. The normalized spacial score (nSPS) is 48.7. The third-order valence-corrected chi connectivity index (χ3v) is 3.28. The Hall–Kier alpha value is -0.480. The number of aliphatic hydroxyl groups is 1. The van der Waals surface area contributed by atoms with Crippen LogP contribution in [0, 0.1) is 24.2 Å². The van der Waals surface area contributed by atoms with Crippen molar-refractivity contribution in [1.82, 2.24) is 0 Å². The fourth-order valence-corrected chi connectivity index (χ4v) is 2.72. The highest BCUT2D eigenvalue weighted by atomic mass is 16.3. The molecule has 2 saturated carbocycles. The van der Waals surface area contributed by atoms with E-state index in [-0.39, 0.29) is 0 Å². The smallest absolute Gasteiger partial charge is 0.125 e. The van der Waals surface area contributed by atoms with E-state index in [0.717, 1.165) is 24.7 Å². The second kappa shape index (κ2) is 2.25. The zero-order valence-corrected chi connectivity index (χ0v) is 6.71. The third-order valence-electron chi connectivity index (χ3n) is 3.28. The molecule has 0 aromatic carbocycles. The van der Waals surface area contributed by atoms with Gasteiger partial charge in [-0.3, -0.25) is 0 Å². The standard InChI is InChI=1S/C10H14O/c1-2-10(11)6-8-4-3-5-9(8)7-10/h1,8-9,11H,3-7H2. The summed E-state index contributed by atoms with van der Waals surface area (Å²) < 4.78 is 0. The second-order valence-electron chi connectivity index (χ2n) is 4.04. The molecule has 2 rings (SSSR count). The molecule has 0 aliphatic heterocycles. The lowest BCUT2D eigenvalue weighted by Gasteiger charge is -2.15. The number of rotatable bonds is 0. The van der Waals surface area contributed by atoms with Gasteiger partial charge in [-0.2, -0.15) is 0 Å². The molecule has 2 atom stereocenters. The Bertz CT molecular complexity index is 189. The molecule has 60 valence electrons. The van der Waals surface area contributed by atoms with E-state index in [1.807, 2.05) is 0 Å². The Labute approximate surface area is 67.8 Å². The van der Waals surface area contributed by atoms with Crippen LogP contribution in [0.2, 0.25) is 0 Å². The summed E-state index contributed by atoms with van der Waals surface area (Å²) in [5.74, 6) is 3.99. The van der Waals surface area contributed by atoms with Crippen molar-refractivity contribution < 1.29 is 5.11 Å². The first-order valence-corrected chi connectivity index (χ1v) is 4.44. The van der Waals surface area contributed by atoms with Gasteiger partial charge in [0.2, 0.25) is 0 Å². The summed E-state index contributed by atoms with van der Waals surface area (Å²) in [6, 6.07) is 0. The highest BCUT2D eigenvalue weighted by Crippen LogP contribution is 2.48. The molecule has 2 fully saturated rings. The Morgan fingerprint density at radius 3 is 2.27 bits per heavy atom. The molecule has 11 heavy (non-hydrogen) atoms. The maximum absolute atomic E-state index is 9.77. The molecule has 0 radical (unpaired) electrons. The molecule has 0 heterocycles. The van der Waals surface area contributed by atoms with E-state index >= 15 is 0 Å². The van der Waals surface area contributed by atoms with Crippen molar-refractivity contribution in [3.63, 3.8) is 0 Å². The fraction of sp³-hybridized carbons (Fsp3) is 0.800. The summed E-state index contributed by atoms with van der Waals surface area (Å²) in [5.41, 5.74) is -0.740. The predicted octanol–water partition coefficient (Wildman–Crippen LogP) is 1.56. The minimum atomic E-state index is -0.740. The van der Waals surface area contributed by atoms with Crippen LogP contribution in [-0.2, 0) is 0 Å². The summed E-state index contributed by atoms with van der Waals surface area (Å²) in [6.07, 6.45) is 10.9. The van der Waals surface area contributed by atoms with Gasteiger partial charge in [-0.15, -0.1) is 6.42 Å². The van der Waals surface area contributed by atoms with Crippen LogP contribution in [0.5, 0.6) is 0 Å². The molecule has 0 bridgehead atoms. The molecule has 1 heteroatoms. The van der Waals surface area contributed by atoms with Crippen LogP contribution in [-0.4, -0.2) is 10.7 Å². The van der Waals surface area contributed by atoms with Gasteiger partial charge in [-0.05, 0) is 24.7 Å². The summed E-state index contributed by atoms with van der Waals surface area (Å²) >= 11 is 0. The van der Waals surface area contributed by atoms with Gasteiger partial charge in [0.15, 0.2) is 0 Å². The molecular weight excluding hydrogens is 136 g/mol. The van der Waals surface area contributed by atoms with Crippen LogP contribution in [0.15, 0.2) is 0 Å². The number of fused-ring (bicyclic) bond motifs is 1. The van der Waals surface area contributed by atoms with Gasteiger partial charge in [0.1, 0.15) is 5.60 Å². The molecule has 0 aromatic rings. The first kappa shape index (κ1) is 7.18. The lowest BCUT2D eigenvalue weighted by atomic mass is 10.00. The van der Waals surface area contributed by atoms with Crippen molar-refractivity contribution in [1.29, 1.82) is 0 Å². The van der Waals surface area contributed by atoms with Crippen LogP contribution in [0.1, 0.15) is 32.1 Å². The molecule has 0 amide bonds. The molecule has 2 unspecified atom stereocenters. The summed E-state index contributed by atoms with van der Waals surface area (Å²) in [5, 5.41) is 9.77. The second-order valence-corrected chi connectivity index (χ2v) is 4.04. The number of hydrogen-bond donors (Lipinski definition) is 1. The molecule has 0 spiro atoms. The van der Waals surface area contributed by atoms with Crippen LogP contribution in [0.4, 0.5) is 0 Å². The molecule has 2 aliphatic carbocycles. The van der Waals surface area contributed by atoms with Gasteiger partial charge in [0, 0.05) is 0 Å². The quantitative estimate of drug-likeness (QED) is 0.519. The first-order valence-electron chi connectivity index (χ1n) is 4.44. The van der Waals surface area contributed by atoms with Crippen molar-refractivity contribution in [2.45, 2.75) is 37.7 Å². The van der Waals surface area contributed by atoms with E-state index in [1.165, 1.54) is 19.3 Å². The van der Waals surface area contributed by atoms with Crippen molar-refractivity contribution in [2.75, 3.05) is 0 Å². The SMILES string of the molecule is C#CC1(O)CC2CCCC2C1. The van der Waals surface area contributed by atoms with Gasteiger partial charge >= 0.3 is 0 Å². The Balaban J connectivity index is 2.11. The molecular formula is C10H14O. The van der Waals surface area contributed by atoms with Crippen molar-refractivity contribution in [2.24, 2.45) is 11.8 Å². The van der Waals surface area contributed by atoms with Crippen LogP contribution >= 0.6 is 0 Å². The predicted molar refractivity (Wildman–Crippen MR) is 43.8 cm³/mol. The zero-order chi connectivity index (χ0) is 7.90. The lowest BCUT2D eigenvalue weighted by molar-refractivity contribution is 0.0997. The number of terminal acetylenes is 1. The zero-order valence-electron chi connectivity index (χ0n) is 6.71. The summed E-state index contributed by atoms with van der Waals surface area (Å²) in [7, 11) is 0. The van der Waals surface area contributed by atoms with Crippen LogP contribution < -0.4 is 0 Å². The summed E-state index contributed by atoms with van der Waals surface area (Å²) in [4.78, 5) is 0. The van der Waals surface area contributed by atoms with E-state index in [2.05, 4.69) is 5.92 Å². The number of hydrogen-bond acceptors (Lipinski definition) is 1. The van der Waals surface area contributed by atoms with Gasteiger partial charge in [-0.1, -0.05) is 25.2 Å². The Morgan fingerprint density at radius 1 is 1.27 bits per heavy atom. The lowest BCUT2D eigenvalue weighted by Crippen LogP contribution is -2.22. The fourth-order valence-electron chi connectivity index (χ4n) is 2.72. The third kappa shape index (κ3) is 1.06. The van der Waals surface area contributed by atoms with E-state index in [0.29, 0.717) is 0 Å². The maximum Gasteiger partial charge on any atom is 0.125 e. The molecule has 0 aromatic heterocycles. The highest BCUT2D eigenvalue weighted by molar-refractivity contribution is 5.13. The van der Waals surface area contributed by atoms with Crippen molar-refractivity contribution >= 4 is 0 Å². The van der Waals surface area contributed by atoms with E-state index in [4.69, 9.17) is 6.42 Å². The van der Waals surface area contributed by atoms with Crippen LogP contribution in [0.25, 0.3) is 0 Å². The van der Waals surface area contributed by atoms with Gasteiger partial charge in [-0.25, -0.2) is 0 Å².